The molecule has 0 radical (unpaired) electrons. The van der Waals surface area contributed by atoms with Gasteiger partial charge in [0.2, 0.25) is 0 Å². The molecule has 9 nitrogen and oxygen atoms in total. The lowest BCUT2D eigenvalue weighted by molar-refractivity contribution is -0.384. The number of sulfonamides is 1. The fourth-order valence-electron chi connectivity index (χ4n) is 2.68. The SMILES string of the molecule is C=CCOC[C@H](O)CN(c1cc([N+](=O)[O-])ccc1OC)S(=O)(=O)c1ccc(C)cc1. The molecule has 0 aliphatic carbocycles. The molecule has 2 rings (SSSR count). The van der Waals surface area contributed by atoms with E-state index in [2.05, 4.69) is 6.58 Å². The van der Waals surface area contributed by atoms with Crippen LogP contribution in [-0.4, -0.2) is 51.4 Å². The molecular weight excluding hydrogens is 412 g/mol. The first-order valence-electron chi connectivity index (χ1n) is 8.99. The van der Waals surface area contributed by atoms with Gasteiger partial charge in [0.25, 0.3) is 15.7 Å². The van der Waals surface area contributed by atoms with Crippen LogP contribution in [0, 0.1) is 17.0 Å². The van der Waals surface area contributed by atoms with Crippen LogP contribution in [0.25, 0.3) is 0 Å². The number of methoxy groups -OCH3 is 1. The van der Waals surface area contributed by atoms with E-state index in [1.807, 2.05) is 6.92 Å². The molecule has 0 fully saturated rings. The number of aliphatic hydroxyl groups excluding tert-OH is 1. The van der Waals surface area contributed by atoms with Gasteiger partial charge in [-0.05, 0) is 25.1 Å². The van der Waals surface area contributed by atoms with E-state index < -0.39 is 27.6 Å². The molecule has 0 saturated heterocycles. The van der Waals surface area contributed by atoms with Gasteiger partial charge in [-0.25, -0.2) is 8.42 Å². The Balaban J connectivity index is 2.56. The predicted molar refractivity (Wildman–Crippen MR) is 112 cm³/mol. The summed E-state index contributed by atoms with van der Waals surface area (Å²) in [6, 6.07) is 9.76. The van der Waals surface area contributed by atoms with Gasteiger partial charge in [0.05, 0.1) is 42.8 Å². The van der Waals surface area contributed by atoms with Gasteiger partial charge in [-0.2, -0.15) is 0 Å². The maximum absolute atomic E-state index is 13.4. The maximum atomic E-state index is 13.4. The number of non-ortho nitro benzene ring substituents is 1. The van der Waals surface area contributed by atoms with E-state index in [-0.39, 0.29) is 35.2 Å². The molecule has 0 unspecified atom stereocenters. The summed E-state index contributed by atoms with van der Waals surface area (Å²) >= 11 is 0. The lowest BCUT2D eigenvalue weighted by atomic mass is 10.2. The monoisotopic (exact) mass is 436 g/mol. The lowest BCUT2D eigenvalue weighted by Crippen LogP contribution is -2.39. The van der Waals surface area contributed by atoms with Gasteiger partial charge in [0.1, 0.15) is 11.4 Å². The number of aryl methyl sites for hydroxylation is 1. The topological polar surface area (TPSA) is 119 Å². The number of nitro benzene ring substituents is 1. The van der Waals surface area contributed by atoms with Gasteiger partial charge >= 0.3 is 0 Å². The average Bonchev–Trinajstić information content (AvgIpc) is 2.72. The van der Waals surface area contributed by atoms with Crippen molar-refractivity contribution in [3.05, 3.63) is 70.8 Å². The molecule has 2 aromatic rings. The van der Waals surface area contributed by atoms with Gasteiger partial charge in [-0.1, -0.05) is 23.8 Å². The average molecular weight is 436 g/mol. The van der Waals surface area contributed by atoms with Crippen LogP contribution in [0.15, 0.2) is 60.0 Å². The molecule has 1 N–H and O–H groups in total. The third-order valence-electron chi connectivity index (χ3n) is 4.17. The molecule has 0 bridgehead atoms. The van der Waals surface area contributed by atoms with E-state index in [0.717, 1.165) is 15.9 Å². The highest BCUT2D eigenvalue weighted by molar-refractivity contribution is 7.92. The molecule has 0 aliphatic rings. The molecular formula is C20H24N2O7S. The third-order valence-corrected chi connectivity index (χ3v) is 5.97. The van der Waals surface area contributed by atoms with Gasteiger partial charge in [0, 0.05) is 12.1 Å². The van der Waals surface area contributed by atoms with Crippen molar-refractivity contribution < 1.29 is 27.9 Å². The van der Waals surface area contributed by atoms with Gasteiger partial charge in [-0.15, -0.1) is 6.58 Å². The van der Waals surface area contributed by atoms with E-state index >= 15 is 0 Å². The molecule has 162 valence electrons. The van der Waals surface area contributed by atoms with Crippen LogP contribution in [0.3, 0.4) is 0 Å². The zero-order valence-electron chi connectivity index (χ0n) is 16.7. The zero-order chi connectivity index (χ0) is 22.3. The standard InChI is InChI=1S/C20H24N2O7S/c1-4-11-29-14-17(23)13-21(30(26,27)18-8-5-15(2)6-9-18)19-12-16(22(24)25)7-10-20(19)28-3/h4-10,12,17,23H,1,11,13-14H2,2-3H3/t17-/m1/s1. The van der Waals surface area contributed by atoms with E-state index in [1.54, 1.807) is 12.1 Å². The summed E-state index contributed by atoms with van der Waals surface area (Å²) in [6.45, 7) is 4.96. The largest absolute Gasteiger partial charge is 0.495 e. The third kappa shape index (κ3) is 5.56. The highest BCUT2D eigenvalue weighted by Gasteiger charge is 2.30. The highest BCUT2D eigenvalue weighted by Crippen LogP contribution is 2.35. The van der Waals surface area contributed by atoms with Crippen molar-refractivity contribution in [2.45, 2.75) is 17.9 Å². The van der Waals surface area contributed by atoms with Gasteiger partial charge in [-0.3, -0.25) is 14.4 Å². The number of aliphatic hydroxyl groups is 1. The quantitative estimate of drug-likeness (QED) is 0.249. The molecule has 30 heavy (non-hydrogen) atoms. The van der Waals surface area contributed by atoms with Crippen molar-refractivity contribution in [3.8, 4) is 5.75 Å². The normalized spacial score (nSPS) is 12.2. The van der Waals surface area contributed by atoms with Crippen LogP contribution >= 0.6 is 0 Å². The van der Waals surface area contributed by atoms with Crippen molar-refractivity contribution in [2.75, 3.05) is 31.2 Å². The first-order valence-corrected chi connectivity index (χ1v) is 10.4. The number of benzene rings is 2. The minimum atomic E-state index is -4.18. The summed E-state index contributed by atoms with van der Waals surface area (Å²) in [5, 5.41) is 21.6. The number of hydrogen-bond acceptors (Lipinski definition) is 7. The fraction of sp³-hybridized carbons (Fsp3) is 0.300. The van der Waals surface area contributed by atoms with E-state index in [4.69, 9.17) is 9.47 Å². The molecule has 1 atom stereocenters. The second-order valence-electron chi connectivity index (χ2n) is 6.44. The number of ether oxygens (including phenoxy) is 2. The number of hydrogen-bond donors (Lipinski definition) is 1. The predicted octanol–water partition coefficient (Wildman–Crippen LogP) is 2.67. The minimum absolute atomic E-state index is 0.0270. The Labute approximate surface area is 175 Å². The molecule has 0 saturated carbocycles. The Hall–Kier alpha value is -2.95. The number of anilines is 1. The van der Waals surface area contributed by atoms with Crippen molar-refractivity contribution in [1.82, 2.24) is 0 Å². The Morgan fingerprint density at radius 1 is 1.27 bits per heavy atom. The Kier molecular flexibility index (Phi) is 7.93. The first kappa shape index (κ1) is 23.3. The molecule has 0 heterocycles. The number of nitrogens with zero attached hydrogens (tertiary/aromatic N) is 2. The molecule has 10 heteroatoms. The van der Waals surface area contributed by atoms with Crippen LogP contribution in [0.2, 0.25) is 0 Å². The Bertz CT molecular complexity index is 991. The summed E-state index contributed by atoms with van der Waals surface area (Å²) in [6.07, 6.45) is 0.297. The lowest BCUT2D eigenvalue weighted by Gasteiger charge is -2.28. The van der Waals surface area contributed by atoms with Crippen molar-refractivity contribution in [3.63, 3.8) is 0 Å². The molecule has 0 aromatic heterocycles. The van der Waals surface area contributed by atoms with E-state index in [9.17, 15) is 23.6 Å². The van der Waals surface area contributed by atoms with Gasteiger partial charge < -0.3 is 14.6 Å². The number of nitro groups is 1. The van der Waals surface area contributed by atoms with Crippen molar-refractivity contribution >= 4 is 21.4 Å². The zero-order valence-corrected chi connectivity index (χ0v) is 17.5. The summed E-state index contributed by atoms with van der Waals surface area (Å²) < 4.78 is 38.1. The van der Waals surface area contributed by atoms with Crippen LogP contribution in [0.4, 0.5) is 11.4 Å². The maximum Gasteiger partial charge on any atom is 0.271 e. The first-order chi connectivity index (χ1) is 14.2. The highest BCUT2D eigenvalue weighted by atomic mass is 32.2. The van der Waals surface area contributed by atoms with Crippen LogP contribution in [0.5, 0.6) is 5.75 Å². The summed E-state index contributed by atoms with van der Waals surface area (Å²) in [5.74, 6) is 0.107. The molecule has 0 amide bonds. The molecule has 0 spiro atoms. The molecule has 0 aliphatic heterocycles. The Morgan fingerprint density at radius 2 is 1.93 bits per heavy atom. The number of rotatable bonds is 11. The summed E-state index contributed by atoms with van der Waals surface area (Å²) in [4.78, 5) is 10.6. The van der Waals surface area contributed by atoms with E-state index in [0.29, 0.717) is 0 Å². The van der Waals surface area contributed by atoms with E-state index in [1.165, 1.54) is 37.5 Å². The van der Waals surface area contributed by atoms with Crippen LogP contribution in [0.1, 0.15) is 5.56 Å². The van der Waals surface area contributed by atoms with Gasteiger partial charge in [0.15, 0.2) is 0 Å². The second kappa shape index (κ2) is 10.2. The minimum Gasteiger partial charge on any atom is -0.495 e. The summed E-state index contributed by atoms with van der Waals surface area (Å²) in [5.41, 5.74) is 0.494. The smallest absolute Gasteiger partial charge is 0.271 e. The summed E-state index contributed by atoms with van der Waals surface area (Å²) in [7, 11) is -2.85. The Morgan fingerprint density at radius 3 is 2.50 bits per heavy atom. The van der Waals surface area contributed by atoms with Crippen LogP contribution in [-0.2, 0) is 14.8 Å². The molecule has 2 aromatic carbocycles. The fourth-order valence-corrected chi connectivity index (χ4v) is 4.19. The van der Waals surface area contributed by atoms with Crippen LogP contribution < -0.4 is 9.04 Å². The second-order valence-corrected chi connectivity index (χ2v) is 8.30. The van der Waals surface area contributed by atoms with Crippen molar-refractivity contribution in [2.24, 2.45) is 0 Å². The van der Waals surface area contributed by atoms with Crippen molar-refractivity contribution in [1.29, 1.82) is 0 Å².